The molecule has 0 aliphatic rings. The minimum atomic E-state index is 0.472. The molecule has 0 heterocycles. The Balaban J connectivity index is 1.85. The van der Waals surface area contributed by atoms with Crippen LogP contribution in [0, 0.1) is 0 Å². The second kappa shape index (κ2) is 9.45. The molecule has 0 aromatic heterocycles. The summed E-state index contributed by atoms with van der Waals surface area (Å²) >= 11 is 7.17. The highest BCUT2D eigenvalue weighted by Crippen LogP contribution is 2.34. The molecule has 1 atom stereocenters. The van der Waals surface area contributed by atoms with Gasteiger partial charge in [-0.05, 0) is 81.8 Å². The average molecular weight is 441 g/mol. The Morgan fingerprint density at radius 3 is 2.30 bits per heavy atom. The van der Waals surface area contributed by atoms with E-state index in [4.69, 9.17) is 4.74 Å². The molecule has 0 saturated heterocycles. The smallest absolute Gasteiger partial charge is 0.147 e. The lowest BCUT2D eigenvalue weighted by Crippen LogP contribution is -2.26. The molecule has 0 amide bonds. The lowest BCUT2D eigenvalue weighted by Gasteiger charge is -2.15. The highest BCUT2D eigenvalue weighted by molar-refractivity contribution is 9.11. The molecule has 0 saturated carbocycles. The molecular formula is C19H23Br2NO. The molecule has 0 radical (unpaired) electrons. The Kier molecular flexibility index (Phi) is 7.60. The van der Waals surface area contributed by atoms with Crippen LogP contribution in [-0.4, -0.2) is 12.6 Å². The standard InChI is InChI=1S/C19H23Br2NO/c1-3-23-19-17(20)11-16(12-18(19)21)13-22-14(2)9-10-15-7-5-4-6-8-15/h4-8,11-12,14,22H,3,9-10,13H2,1-2H3/t14-/m0/s1. The highest BCUT2D eigenvalue weighted by atomic mass is 79.9. The van der Waals surface area contributed by atoms with Gasteiger partial charge in [-0.25, -0.2) is 0 Å². The van der Waals surface area contributed by atoms with Crippen molar-refractivity contribution in [3.05, 3.63) is 62.5 Å². The van der Waals surface area contributed by atoms with E-state index in [0.29, 0.717) is 12.6 Å². The number of hydrogen-bond acceptors (Lipinski definition) is 2. The Bertz CT molecular complexity index is 593. The summed E-state index contributed by atoms with van der Waals surface area (Å²) in [6.07, 6.45) is 2.23. The molecule has 0 aliphatic carbocycles. The van der Waals surface area contributed by atoms with Gasteiger partial charge in [-0.1, -0.05) is 30.3 Å². The van der Waals surface area contributed by atoms with E-state index < -0.39 is 0 Å². The summed E-state index contributed by atoms with van der Waals surface area (Å²) < 4.78 is 7.60. The SMILES string of the molecule is CCOc1c(Br)cc(CN[C@@H](C)CCc2ccccc2)cc1Br. The van der Waals surface area contributed by atoms with Crippen molar-refractivity contribution in [1.29, 1.82) is 0 Å². The van der Waals surface area contributed by atoms with Crippen molar-refractivity contribution in [1.82, 2.24) is 5.32 Å². The first-order valence-corrected chi connectivity index (χ1v) is 9.56. The number of halogens is 2. The molecule has 2 aromatic carbocycles. The van der Waals surface area contributed by atoms with Gasteiger partial charge in [0.15, 0.2) is 0 Å². The van der Waals surface area contributed by atoms with E-state index in [9.17, 15) is 0 Å². The van der Waals surface area contributed by atoms with Gasteiger partial charge in [0, 0.05) is 12.6 Å². The third-order valence-electron chi connectivity index (χ3n) is 3.71. The zero-order valence-electron chi connectivity index (χ0n) is 13.6. The fourth-order valence-corrected chi connectivity index (χ4v) is 3.93. The monoisotopic (exact) mass is 439 g/mol. The topological polar surface area (TPSA) is 21.3 Å². The van der Waals surface area contributed by atoms with E-state index in [1.165, 1.54) is 11.1 Å². The molecule has 124 valence electrons. The largest absolute Gasteiger partial charge is 0.492 e. The van der Waals surface area contributed by atoms with Crippen molar-refractivity contribution < 1.29 is 4.74 Å². The number of rotatable bonds is 8. The van der Waals surface area contributed by atoms with E-state index >= 15 is 0 Å². The lowest BCUT2D eigenvalue weighted by atomic mass is 10.1. The second-order valence-corrected chi connectivity index (χ2v) is 7.34. The van der Waals surface area contributed by atoms with Crippen LogP contribution in [0.15, 0.2) is 51.4 Å². The van der Waals surface area contributed by atoms with E-state index in [1.807, 2.05) is 6.92 Å². The molecule has 2 aromatic rings. The summed E-state index contributed by atoms with van der Waals surface area (Å²) in [4.78, 5) is 0. The van der Waals surface area contributed by atoms with E-state index in [2.05, 4.69) is 86.6 Å². The first-order chi connectivity index (χ1) is 11.1. The van der Waals surface area contributed by atoms with Crippen LogP contribution in [0.3, 0.4) is 0 Å². The Labute approximate surface area is 155 Å². The highest BCUT2D eigenvalue weighted by Gasteiger charge is 2.09. The quantitative estimate of drug-likeness (QED) is 0.566. The van der Waals surface area contributed by atoms with Crippen LogP contribution < -0.4 is 10.1 Å². The Morgan fingerprint density at radius 1 is 1.04 bits per heavy atom. The van der Waals surface area contributed by atoms with Gasteiger partial charge in [0.25, 0.3) is 0 Å². The molecule has 2 nitrogen and oxygen atoms in total. The summed E-state index contributed by atoms with van der Waals surface area (Å²) in [5, 5.41) is 3.59. The molecule has 1 N–H and O–H groups in total. The fraction of sp³-hybridized carbons (Fsp3) is 0.368. The van der Waals surface area contributed by atoms with Crippen molar-refractivity contribution >= 4 is 31.9 Å². The molecular weight excluding hydrogens is 418 g/mol. The van der Waals surface area contributed by atoms with Crippen molar-refractivity contribution in [3.63, 3.8) is 0 Å². The van der Waals surface area contributed by atoms with Gasteiger partial charge in [0.05, 0.1) is 15.6 Å². The van der Waals surface area contributed by atoms with Gasteiger partial charge in [0.1, 0.15) is 5.75 Å². The molecule has 0 unspecified atom stereocenters. The van der Waals surface area contributed by atoms with Crippen LogP contribution in [0.25, 0.3) is 0 Å². The first-order valence-electron chi connectivity index (χ1n) is 7.98. The predicted molar refractivity (Wildman–Crippen MR) is 104 cm³/mol. The van der Waals surface area contributed by atoms with E-state index in [0.717, 1.165) is 34.1 Å². The molecule has 4 heteroatoms. The second-order valence-electron chi connectivity index (χ2n) is 5.63. The Morgan fingerprint density at radius 2 is 1.70 bits per heavy atom. The minimum Gasteiger partial charge on any atom is -0.492 e. The summed E-state index contributed by atoms with van der Waals surface area (Å²) in [6.45, 7) is 5.73. The summed E-state index contributed by atoms with van der Waals surface area (Å²) in [7, 11) is 0. The van der Waals surface area contributed by atoms with Crippen LogP contribution in [0.4, 0.5) is 0 Å². The van der Waals surface area contributed by atoms with Crippen LogP contribution in [0.1, 0.15) is 31.4 Å². The maximum absolute atomic E-state index is 5.62. The Hall–Kier alpha value is -0.840. The molecule has 0 fully saturated rings. The maximum atomic E-state index is 5.62. The van der Waals surface area contributed by atoms with Gasteiger partial charge < -0.3 is 10.1 Å². The van der Waals surface area contributed by atoms with Gasteiger partial charge in [-0.3, -0.25) is 0 Å². The van der Waals surface area contributed by atoms with Gasteiger partial charge in [0.2, 0.25) is 0 Å². The zero-order valence-corrected chi connectivity index (χ0v) is 16.8. The van der Waals surface area contributed by atoms with Crippen LogP contribution in [-0.2, 0) is 13.0 Å². The summed E-state index contributed by atoms with van der Waals surface area (Å²) in [5.41, 5.74) is 2.63. The van der Waals surface area contributed by atoms with Gasteiger partial charge >= 0.3 is 0 Å². The minimum absolute atomic E-state index is 0.472. The average Bonchev–Trinajstić information content (AvgIpc) is 2.55. The summed E-state index contributed by atoms with van der Waals surface area (Å²) in [6, 6.07) is 15.3. The molecule has 23 heavy (non-hydrogen) atoms. The van der Waals surface area contributed by atoms with Crippen molar-refractivity contribution in [2.24, 2.45) is 0 Å². The summed E-state index contributed by atoms with van der Waals surface area (Å²) in [5.74, 6) is 0.869. The zero-order chi connectivity index (χ0) is 16.7. The number of benzene rings is 2. The molecule has 0 aliphatic heterocycles. The third-order valence-corrected chi connectivity index (χ3v) is 4.89. The molecule has 2 rings (SSSR count). The van der Waals surface area contributed by atoms with Crippen LogP contribution in [0.2, 0.25) is 0 Å². The van der Waals surface area contributed by atoms with Crippen LogP contribution >= 0.6 is 31.9 Å². The lowest BCUT2D eigenvalue weighted by molar-refractivity contribution is 0.336. The van der Waals surface area contributed by atoms with Crippen LogP contribution in [0.5, 0.6) is 5.75 Å². The first kappa shape index (κ1) is 18.5. The molecule has 0 spiro atoms. The number of nitrogens with one attached hydrogen (secondary N) is 1. The maximum Gasteiger partial charge on any atom is 0.147 e. The fourth-order valence-electron chi connectivity index (χ4n) is 2.42. The van der Waals surface area contributed by atoms with Crippen molar-refractivity contribution in [2.75, 3.05) is 6.61 Å². The van der Waals surface area contributed by atoms with Crippen molar-refractivity contribution in [3.8, 4) is 5.75 Å². The third kappa shape index (κ3) is 5.94. The molecule has 0 bridgehead atoms. The van der Waals surface area contributed by atoms with Gasteiger partial charge in [-0.15, -0.1) is 0 Å². The predicted octanol–water partition coefficient (Wildman–Crippen LogP) is 5.72. The number of ether oxygens (including phenoxy) is 1. The normalized spacial score (nSPS) is 12.2. The van der Waals surface area contributed by atoms with Gasteiger partial charge in [-0.2, -0.15) is 0 Å². The van der Waals surface area contributed by atoms with Crippen molar-refractivity contribution in [2.45, 2.75) is 39.3 Å². The van der Waals surface area contributed by atoms with E-state index in [1.54, 1.807) is 0 Å². The van der Waals surface area contributed by atoms with E-state index in [-0.39, 0.29) is 0 Å². The number of hydrogen-bond donors (Lipinski definition) is 1. The number of aryl methyl sites for hydroxylation is 1.